The maximum Gasteiger partial charge on any atom is 0.261 e. The monoisotopic (exact) mass is 311 g/mol. The van der Waals surface area contributed by atoms with Gasteiger partial charge in [-0.1, -0.05) is 6.07 Å². The smallest absolute Gasteiger partial charge is 0.261 e. The molecule has 6 heteroatoms. The van der Waals surface area contributed by atoms with Crippen LogP contribution in [0.25, 0.3) is 10.1 Å². The highest BCUT2D eigenvalue weighted by Crippen LogP contribution is 2.27. The molecule has 1 aromatic carbocycles. The number of halogens is 1. The molecule has 0 bridgehead atoms. The molecule has 21 heavy (non-hydrogen) atoms. The molecule has 2 aromatic rings. The van der Waals surface area contributed by atoms with Gasteiger partial charge >= 0.3 is 0 Å². The van der Waals surface area contributed by atoms with Crippen molar-refractivity contribution in [2.24, 2.45) is 0 Å². The van der Waals surface area contributed by atoms with Crippen molar-refractivity contribution in [3.8, 4) is 0 Å². The van der Waals surface area contributed by atoms with Crippen LogP contribution in [-0.4, -0.2) is 39.4 Å². The van der Waals surface area contributed by atoms with Crippen molar-refractivity contribution in [1.82, 2.24) is 5.32 Å². The van der Waals surface area contributed by atoms with E-state index in [1.807, 2.05) is 6.07 Å². The fourth-order valence-electron chi connectivity index (χ4n) is 1.84. The fourth-order valence-corrected chi connectivity index (χ4v) is 2.84. The number of carbonyl (C=O) groups excluding carboxylic acids is 1. The summed E-state index contributed by atoms with van der Waals surface area (Å²) in [5.41, 5.74) is 0. The largest absolute Gasteiger partial charge is 0.382 e. The van der Waals surface area contributed by atoms with E-state index in [2.05, 4.69) is 5.32 Å². The minimum Gasteiger partial charge on any atom is -0.382 e. The van der Waals surface area contributed by atoms with Crippen molar-refractivity contribution < 1.29 is 18.7 Å². The number of thiophene rings is 1. The Bertz CT molecular complexity index is 600. The molecular formula is C15H18FNO3S. The Labute approximate surface area is 126 Å². The maximum absolute atomic E-state index is 13.6. The fraction of sp³-hybridized carbons (Fsp3) is 0.400. The quantitative estimate of drug-likeness (QED) is 0.763. The second-order valence-corrected chi connectivity index (χ2v) is 5.56. The van der Waals surface area contributed by atoms with E-state index < -0.39 is 0 Å². The predicted molar refractivity (Wildman–Crippen MR) is 81.4 cm³/mol. The second kappa shape index (κ2) is 8.07. The van der Waals surface area contributed by atoms with Crippen molar-refractivity contribution in [3.63, 3.8) is 0 Å². The Hall–Kier alpha value is -1.50. The molecule has 0 atom stereocenters. The first kappa shape index (κ1) is 15.9. The van der Waals surface area contributed by atoms with Gasteiger partial charge in [0, 0.05) is 30.3 Å². The molecule has 0 aliphatic carbocycles. The van der Waals surface area contributed by atoms with E-state index in [9.17, 15) is 9.18 Å². The number of amides is 1. The first-order chi connectivity index (χ1) is 10.2. The van der Waals surface area contributed by atoms with Crippen LogP contribution < -0.4 is 5.32 Å². The molecule has 4 nitrogen and oxygen atoms in total. The lowest BCUT2D eigenvalue weighted by Crippen LogP contribution is -2.24. The zero-order valence-corrected chi connectivity index (χ0v) is 12.7. The molecule has 114 valence electrons. The molecule has 0 saturated carbocycles. The standard InChI is InChI=1S/C15H18FNO3S/c1-19-8-9-20-7-3-6-17-15(18)14-10-11-12(16)4-2-5-13(11)21-14/h2,4-5,10H,3,6-9H2,1H3,(H,17,18). The van der Waals surface area contributed by atoms with Crippen LogP contribution in [0.1, 0.15) is 16.1 Å². The molecule has 1 aromatic heterocycles. The summed E-state index contributed by atoms with van der Waals surface area (Å²) in [5, 5.41) is 3.30. The van der Waals surface area contributed by atoms with Crippen molar-refractivity contribution in [1.29, 1.82) is 0 Å². The topological polar surface area (TPSA) is 47.6 Å². The van der Waals surface area contributed by atoms with Gasteiger partial charge in [0.2, 0.25) is 0 Å². The van der Waals surface area contributed by atoms with Crippen LogP contribution >= 0.6 is 11.3 Å². The highest BCUT2D eigenvalue weighted by Gasteiger charge is 2.11. The van der Waals surface area contributed by atoms with Crippen LogP contribution in [0.2, 0.25) is 0 Å². The number of nitrogens with one attached hydrogen (secondary N) is 1. The number of ether oxygens (including phenoxy) is 2. The van der Waals surface area contributed by atoms with E-state index in [4.69, 9.17) is 9.47 Å². The van der Waals surface area contributed by atoms with Crippen molar-refractivity contribution in [2.75, 3.05) is 33.5 Å². The summed E-state index contributed by atoms with van der Waals surface area (Å²) in [4.78, 5) is 12.5. The molecule has 1 amide bonds. The van der Waals surface area contributed by atoms with E-state index >= 15 is 0 Å². The van der Waals surface area contributed by atoms with Gasteiger partial charge in [0.05, 0.1) is 18.1 Å². The molecular weight excluding hydrogens is 293 g/mol. The number of methoxy groups -OCH3 is 1. The number of carbonyl (C=O) groups is 1. The molecule has 1 heterocycles. The molecule has 1 N–H and O–H groups in total. The summed E-state index contributed by atoms with van der Waals surface area (Å²) in [5.74, 6) is -0.471. The highest BCUT2D eigenvalue weighted by molar-refractivity contribution is 7.20. The number of rotatable bonds is 8. The average molecular weight is 311 g/mol. The summed E-state index contributed by atoms with van der Waals surface area (Å²) in [6.07, 6.45) is 0.731. The van der Waals surface area contributed by atoms with Crippen LogP contribution in [0.3, 0.4) is 0 Å². The Morgan fingerprint density at radius 1 is 1.33 bits per heavy atom. The van der Waals surface area contributed by atoms with E-state index in [-0.39, 0.29) is 11.7 Å². The van der Waals surface area contributed by atoms with Crippen LogP contribution in [0.15, 0.2) is 24.3 Å². The van der Waals surface area contributed by atoms with E-state index in [1.165, 1.54) is 17.4 Å². The maximum atomic E-state index is 13.6. The van der Waals surface area contributed by atoms with Crippen LogP contribution in [0.5, 0.6) is 0 Å². The third-order valence-corrected chi connectivity index (χ3v) is 4.01. The van der Waals surface area contributed by atoms with Crippen LogP contribution in [-0.2, 0) is 9.47 Å². The van der Waals surface area contributed by atoms with Gasteiger partial charge in [-0.05, 0) is 24.6 Å². The third kappa shape index (κ3) is 4.49. The molecule has 0 saturated heterocycles. The molecule has 2 rings (SSSR count). The summed E-state index contributed by atoms with van der Waals surface area (Å²) in [7, 11) is 1.62. The zero-order chi connectivity index (χ0) is 15.1. The second-order valence-electron chi connectivity index (χ2n) is 4.48. The van der Waals surface area contributed by atoms with Crippen molar-refractivity contribution in [3.05, 3.63) is 35.0 Å². The van der Waals surface area contributed by atoms with Gasteiger partial charge in [-0.25, -0.2) is 4.39 Å². The third-order valence-electron chi connectivity index (χ3n) is 2.91. The minimum absolute atomic E-state index is 0.174. The number of hydrogen-bond donors (Lipinski definition) is 1. The predicted octanol–water partition coefficient (Wildman–Crippen LogP) is 2.82. The highest BCUT2D eigenvalue weighted by atomic mass is 32.1. The number of fused-ring (bicyclic) bond motifs is 1. The van der Waals surface area contributed by atoms with Crippen molar-refractivity contribution >= 4 is 27.3 Å². The normalized spacial score (nSPS) is 11.0. The van der Waals surface area contributed by atoms with Gasteiger partial charge in [-0.3, -0.25) is 4.79 Å². The van der Waals surface area contributed by atoms with E-state index in [1.54, 1.807) is 19.2 Å². The molecule has 0 aliphatic rings. The Kier molecular flexibility index (Phi) is 6.10. The van der Waals surface area contributed by atoms with Crippen molar-refractivity contribution in [2.45, 2.75) is 6.42 Å². The average Bonchev–Trinajstić information content (AvgIpc) is 2.92. The Morgan fingerprint density at radius 2 is 2.19 bits per heavy atom. The lowest BCUT2D eigenvalue weighted by Gasteiger charge is -2.04. The summed E-state index contributed by atoms with van der Waals surface area (Å²) >= 11 is 1.29. The van der Waals surface area contributed by atoms with Crippen LogP contribution in [0.4, 0.5) is 4.39 Å². The zero-order valence-electron chi connectivity index (χ0n) is 11.9. The number of benzene rings is 1. The van der Waals surface area contributed by atoms with Gasteiger partial charge < -0.3 is 14.8 Å². The van der Waals surface area contributed by atoms with Gasteiger partial charge in [-0.15, -0.1) is 11.3 Å². The van der Waals surface area contributed by atoms with Gasteiger partial charge in [-0.2, -0.15) is 0 Å². The Morgan fingerprint density at radius 3 is 2.95 bits per heavy atom. The molecule has 0 fully saturated rings. The molecule has 0 spiro atoms. The summed E-state index contributed by atoms with van der Waals surface area (Å²) in [6, 6.07) is 6.45. The van der Waals surface area contributed by atoms with E-state index in [0.717, 1.165) is 11.1 Å². The summed E-state index contributed by atoms with van der Waals surface area (Å²) in [6.45, 7) is 2.23. The minimum atomic E-state index is -0.297. The van der Waals surface area contributed by atoms with Gasteiger partial charge in [0.15, 0.2) is 0 Å². The lowest BCUT2D eigenvalue weighted by atomic mass is 10.2. The van der Waals surface area contributed by atoms with Crippen LogP contribution in [0, 0.1) is 5.82 Å². The molecule has 0 unspecified atom stereocenters. The van der Waals surface area contributed by atoms with E-state index in [0.29, 0.717) is 36.6 Å². The van der Waals surface area contributed by atoms with Gasteiger partial charge in [0.1, 0.15) is 5.82 Å². The first-order valence-corrected chi connectivity index (χ1v) is 7.57. The van der Waals surface area contributed by atoms with Gasteiger partial charge in [0.25, 0.3) is 5.91 Å². The molecule has 0 radical (unpaired) electrons. The Balaban J connectivity index is 1.78. The summed E-state index contributed by atoms with van der Waals surface area (Å²) < 4.78 is 24.5. The number of hydrogen-bond acceptors (Lipinski definition) is 4. The lowest BCUT2D eigenvalue weighted by molar-refractivity contribution is 0.0688. The first-order valence-electron chi connectivity index (χ1n) is 6.75. The molecule has 0 aliphatic heterocycles. The SMILES string of the molecule is COCCOCCCNC(=O)c1cc2c(F)cccc2s1.